The Morgan fingerprint density at radius 1 is 0.838 bits per heavy atom. The number of pyridine rings is 2. The highest BCUT2D eigenvalue weighted by molar-refractivity contribution is 5.98. The molecule has 37 heavy (non-hydrogen) atoms. The summed E-state index contributed by atoms with van der Waals surface area (Å²) >= 11 is 0. The maximum absolute atomic E-state index is 13.3. The van der Waals surface area contributed by atoms with Crippen LogP contribution in [0.3, 0.4) is 0 Å². The van der Waals surface area contributed by atoms with Gasteiger partial charge in [-0.3, -0.25) is 14.5 Å². The van der Waals surface area contributed by atoms with Crippen LogP contribution in [0.1, 0.15) is 31.3 Å². The molecular weight excluding hydrogens is 468 g/mol. The molecule has 4 heterocycles. The van der Waals surface area contributed by atoms with E-state index in [-0.39, 0.29) is 12.0 Å². The molecule has 0 saturated carbocycles. The summed E-state index contributed by atoms with van der Waals surface area (Å²) in [5, 5.41) is 5.10. The lowest BCUT2D eigenvalue weighted by Crippen LogP contribution is -2.51. The van der Waals surface area contributed by atoms with E-state index in [0.717, 1.165) is 33.2 Å². The molecule has 0 unspecified atom stereocenters. The number of aromatic nitrogens is 4. The molecule has 1 fully saturated rings. The summed E-state index contributed by atoms with van der Waals surface area (Å²) in [4.78, 5) is 38.2. The minimum absolute atomic E-state index is 0.152. The molecule has 9 heteroatoms. The molecule has 1 aliphatic rings. The zero-order valence-corrected chi connectivity index (χ0v) is 21.5. The van der Waals surface area contributed by atoms with Crippen molar-refractivity contribution in [2.24, 2.45) is 7.05 Å². The number of piperazine rings is 1. The maximum atomic E-state index is 13.3. The Morgan fingerprint density at radius 2 is 1.51 bits per heavy atom. The highest BCUT2D eigenvalue weighted by Crippen LogP contribution is 2.29. The number of hydrogen-bond acceptors (Lipinski definition) is 6. The lowest BCUT2D eigenvalue weighted by molar-refractivity contribution is 0.0140. The molecule has 0 aliphatic carbocycles. The number of benzene rings is 1. The zero-order valence-electron chi connectivity index (χ0n) is 21.5. The summed E-state index contributed by atoms with van der Waals surface area (Å²) in [5.74, 6) is -0.152. The monoisotopic (exact) mass is 498 g/mol. The van der Waals surface area contributed by atoms with Crippen LogP contribution < -0.4 is 0 Å². The van der Waals surface area contributed by atoms with Crippen molar-refractivity contribution in [2.45, 2.75) is 26.4 Å². The summed E-state index contributed by atoms with van der Waals surface area (Å²) in [6.07, 6.45) is 6.99. The third-order valence-corrected chi connectivity index (χ3v) is 6.27. The molecule has 0 bridgehead atoms. The van der Waals surface area contributed by atoms with E-state index in [9.17, 15) is 9.59 Å². The Morgan fingerprint density at radius 3 is 2.16 bits per heavy atom. The van der Waals surface area contributed by atoms with E-state index in [2.05, 4.69) is 10.1 Å². The second-order valence-corrected chi connectivity index (χ2v) is 10.2. The van der Waals surface area contributed by atoms with E-state index in [1.807, 2.05) is 70.5 Å². The first-order valence-electron chi connectivity index (χ1n) is 12.3. The molecule has 9 nitrogen and oxygen atoms in total. The van der Waals surface area contributed by atoms with Crippen LogP contribution in [0.4, 0.5) is 4.79 Å². The number of hydrogen-bond donors (Lipinski definition) is 0. The molecule has 3 aromatic heterocycles. The van der Waals surface area contributed by atoms with Crippen LogP contribution >= 0.6 is 0 Å². The molecule has 0 spiro atoms. The van der Waals surface area contributed by atoms with Crippen LogP contribution in [0.5, 0.6) is 0 Å². The first kappa shape index (κ1) is 24.4. The van der Waals surface area contributed by atoms with Gasteiger partial charge in [0.25, 0.3) is 5.91 Å². The van der Waals surface area contributed by atoms with Gasteiger partial charge in [-0.25, -0.2) is 9.78 Å². The average molecular weight is 499 g/mol. The minimum atomic E-state index is -0.551. The fourth-order valence-electron chi connectivity index (χ4n) is 4.37. The number of nitrogens with zero attached hydrogens (tertiary/aromatic N) is 6. The highest BCUT2D eigenvalue weighted by Gasteiger charge is 2.28. The number of carbonyl (C=O) groups excluding carboxylic acids is 2. The molecule has 1 aromatic carbocycles. The Hall–Kier alpha value is -4.27. The van der Waals surface area contributed by atoms with Crippen LogP contribution in [0.15, 0.2) is 61.2 Å². The van der Waals surface area contributed by atoms with E-state index >= 15 is 0 Å². The van der Waals surface area contributed by atoms with Crippen molar-refractivity contribution in [1.29, 1.82) is 0 Å². The molecule has 0 radical (unpaired) electrons. The van der Waals surface area contributed by atoms with E-state index in [4.69, 9.17) is 9.72 Å². The number of carbonyl (C=O) groups is 2. The quantitative estimate of drug-likeness (QED) is 0.416. The second-order valence-electron chi connectivity index (χ2n) is 10.2. The smallest absolute Gasteiger partial charge is 0.410 e. The van der Waals surface area contributed by atoms with Gasteiger partial charge in [0, 0.05) is 68.3 Å². The Balaban J connectivity index is 1.35. The third kappa shape index (κ3) is 5.30. The van der Waals surface area contributed by atoms with Crippen LogP contribution in [-0.2, 0) is 11.8 Å². The number of fused-ring (bicyclic) bond motifs is 1. The van der Waals surface area contributed by atoms with Gasteiger partial charge < -0.3 is 14.5 Å². The first-order chi connectivity index (χ1) is 17.7. The summed E-state index contributed by atoms with van der Waals surface area (Å²) in [5.41, 5.74) is 4.49. The summed E-state index contributed by atoms with van der Waals surface area (Å²) < 4.78 is 7.23. The summed E-state index contributed by atoms with van der Waals surface area (Å²) in [6, 6.07) is 11.8. The van der Waals surface area contributed by atoms with E-state index in [0.29, 0.717) is 31.9 Å². The number of amides is 2. The van der Waals surface area contributed by atoms with Gasteiger partial charge in [0.05, 0.1) is 11.7 Å². The lowest BCUT2D eigenvalue weighted by atomic mass is 10.0. The summed E-state index contributed by atoms with van der Waals surface area (Å²) in [6.45, 7) is 7.23. The fourth-order valence-corrected chi connectivity index (χ4v) is 4.37. The number of rotatable bonds is 3. The molecule has 4 aromatic rings. The third-order valence-electron chi connectivity index (χ3n) is 6.27. The SMILES string of the molecule is Cn1cc(-c2ccc(-c3cncc4ccc(C(=O)N5CCN(C(=O)OC(C)(C)C)CC5)nc34)cc2)cn1. The maximum Gasteiger partial charge on any atom is 0.410 e. The Bertz CT molecular complexity index is 1450. The van der Waals surface area contributed by atoms with Crippen LogP contribution in [-0.4, -0.2) is 73.3 Å². The highest BCUT2D eigenvalue weighted by atomic mass is 16.6. The van der Waals surface area contributed by atoms with Gasteiger partial charge in [-0.15, -0.1) is 0 Å². The Kier molecular flexibility index (Phi) is 6.37. The van der Waals surface area contributed by atoms with Crippen LogP contribution in [0.2, 0.25) is 0 Å². The average Bonchev–Trinajstić information content (AvgIpc) is 3.33. The topological polar surface area (TPSA) is 93.5 Å². The van der Waals surface area contributed by atoms with E-state index in [1.165, 1.54) is 0 Å². The van der Waals surface area contributed by atoms with E-state index in [1.54, 1.807) is 32.9 Å². The van der Waals surface area contributed by atoms with Gasteiger partial charge in [-0.1, -0.05) is 24.3 Å². The van der Waals surface area contributed by atoms with Crippen LogP contribution in [0, 0.1) is 0 Å². The molecule has 1 saturated heterocycles. The van der Waals surface area contributed by atoms with Gasteiger partial charge >= 0.3 is 6.09 Å². The van der Waals surface area contributed by atoms with Crippen molar-refractivity contribution in [3.8, 4) is 22.3 Å². The molecule has 190 valence electrons. The van der Waals surface area contributed by atoms with Crippen molar-refractivity contribution >= 4 is 22.9 Å². The van der Waals surface area contributed by atoms with Crippen molar-refractivity contribution < 1.29 is 14.3 Å². The van der Waals surface area contributed by atoms with Crippen LogP contribution in [0.25, 0.3) is 33.2 Å². The normalized spacial score (nSPS) is 14.2. The molecule has 0 N–H and O–H groups in total. The molecular formula is C28H30N6O3. The first-order valence-corrected chi connectivity index (χ1v) is 12.3. The fraction of sp³-hybridized carbons (Fsp3) is 0.321. The van der Waals surface area contributed by atoms with Crippen molar-refractivity contribution in [3.05, 3.63) is 66.9 Å². The van der Waals surface area contributed by atoms with Gasteiger partial charge in [0.15, 0.2) is 0 Å². The molecule has 1 aliphatic heterocycles. The molecule has 2 amide bonds. The Labute approximate surface area is 215 Å². The molecule has 5 rings (SSSR count). The van der Waals surface area contributed by atoms with E-state index < -0.39 is 5.60 Å². The minimum Gasteiger partial charge on any atom is -0.444 e. The van der Waals surface area contributed by atoms with Gasteiger partial charge in [-0.2, -0.15) is 5.10 Å². The largest absolute Gasteiger partial charge is 0.444 e. The predicted octanol–water partition coefficient (Wildman–Crippen LogP) is 4.39. The van der Waals surface area contributed by atoms with Crippen molar-refractivity contribution in [3.63, 3.8) is 0 Å². The van der Waals surface area contributed by atoms with Gasteiger partial charge in [0.1, 0.15) is 11.3 Å². The summed E-state index contributed by atoms with van der Waals surface area (Å²) in [7, 11) is 1.89. The zero-order chi connectivity index (χ0) is 26.2. The van der Waals surface area contributed by atoms with Crippen molar-refractivity contribution in [2.75, 3.05) is 26.2 Å². The van der Waals surface area contributed by atoms with Gasteiger partial charge in [0.2, 0.25) is 0 Å². The number of aryl methyl sites for hydroxylation is 1. The lowest BCUT2D eigenvalue weighted by Gasteiger charge is -2.35. The molecule has 0 atom stereocenters. The number of ether oxygens (including phenoxy) is 1. The van der Waals surface area contributed by atoms with Crippen molar-refractivity contribution in [1.82, 2.24) is 29.5 Å². The van der Waals surface area contributed by atoms with Gasteiger partial charge in [-0.05, 0) is 44.0 Å². The predicted molar refractivity (Wildman–Crippen MR) is 141 cm³/mol. The second kappa shape index (κ2) is 9.65. The standard InChI is InChI=1S/C28H30N6O3/c1-28(2,3)37-27(36)34-13-11-33(12-14-34)26(35)24-10-9-21-15-29-17-23(25(21)31-24)20-7-5-19(6-8-20)22-16-30-32(4)18-22/h5-10,15-18H,11-14H2,1-4H3.